The fourth-order valence-electron chi connectivity index (χ4n) is 3.77. The number of benzene rings is 2. The normalized spacial score (nSPS) is 16.0. The molecule has 1 N–H and O–H groups in total. The highest BCUT2D eigenvalue weighted by molar-refractivity contribution is 5.96. The van der Waals surface area contributed by atoms with E-state index < -0.39 is 17.7 Å². The molecule has 0 radical (unpaired) electrons. The molecular weight excluding hydrogens is 419 g/mol. The SMILES string of the molecule is Oc1cccc2nccc(N3CCC(Oc4cccc(C(F)(F)C(F)(F)F)c4)CC3)c12. The molecule has 0 atom stereocenters. The summed E-state index contributed by atoms with van der Waals surface area (Å²) in [7, 11) is 0. The summed E-state index contributed by atoms with van der Waals surface area (Å²) in [5.74, 6) is -4.84. The fraction of sp³-hybridized carbons (Fsp3) is 0.318. The topological polar surface area (TPSA) is 45.6 Å². The number of fused-ring (bicyclic) bond motifs is 1. The highest BCUT2D eigenvalue weighted by Crippen LogP contribution is 2.44. The van der Waals surface area contributed by atoms with Crippen LogP contribution in [0, 0.1) is 0 Å². The molecule has 0 saturated carbocycles. The number of alkyl halides is 5. The number of aromatic nitrogens is 1. The van der Waals surface area contributed by atoms with Gasteiger partial charge in [-0.05, 0) is 30.3 Å². The Labute approximate surface area is 174 Å². The molecule has 31 heavy (non-hydrogen) atoms. The van der Waals surface area contributed by atoms with Crippen molar-refractivity contribution in [2.24, 2.45) is 0 Å². The van der Waals surface area contributed by atoms with Crippen molar-refractivity contribution < 1.29 is 31.8 Å². The first-order valence-electron chi connectivity index (χ1n) is 9.70. The van der Waals surface area contributed by atoms with Crippen LogP contribution in [0.25, 0.3) is 10.9 Å². The molecule has 1 aliphatic rings. The Bertz CT molecular complexity index is 1070. The second kappa shape index (κ2) is 7.86. The van der Waals surface area contributed by atoms with Crippen molar-refractivity contribution >= 4 is 16.6 Å². The van der Waals surface area contributed by atoms with Crippen molar-refractivity contribution in [2.45, 2.75) is 31.0 Å². The molecule has 0 aliphatic carbocycles. The average Bonchev–Trinajstić information content (AvgIpc) is 2.73. The van der Waals surface area contributed by atoms with Crippen molar-refractivity contribution in [3.63, 3.8) is 0 Å². The molecule has 164 valence electrons. The minimum absolute atomic E-state index is 0.0214. The number of halogens is 5. The number of rotatable bonds is 4. The summed E-state index contributed by atoms with van der Waals surface area (Å²) in [5, 5.41) is 10.9. The number of anilines is 1. The van der Waals surface area contributed by atoms with Gasteiger partial charge >= 0.3 is 12.1 Å². The van der Waals surface area contributed by atoms with E-state index in [0.717, 1.165) is 23.9 Å². The third-order valence-corrected chi connectivity index (χ3v) is 5.36. The van der Waals surface area contributed by atoms with Gasteiger partial charge in [-0.2, -0.15) is 22.0 Å². The van der Waals surface area contributed by atoms with Gasteiger partial charge in [0.2, 0.25) is 0 Å². The second-order valence-corrected chi connectivity index (χ2v) is 7.41. The monoisotopic (exact) mass is 438 g/mol. The predicted molar refractivity (Wildman–Crippen MR) is 106 cm³/mol. The molecule has 4 rings (SSSR count). The summed E-state index contributed by atoms with van der Waals surface area (Å²) < 4.78 is 70.8. The van der Waals surface area contributed by atoms with E-state index >= 15 is 0 Å². The first-order valence-corrected chi connectivity index (χ1v) is 9.70. The van der Waals surface area contributed by atoms with Gasteiger partial charge in [-0.3, -0.25) is 4.98 Å². The molecule has 4 nitrogen and oxygen atoms in total. The molecule has 2 aromatic carbocycles. The van der Waals surface area contributed by atoms with Gasteiger partial charge in [-0.25, -0.2) is 0 Å². The molecule has 1 aliphatic heterocycles. The van der Waals surface area contributed by atoms with Crippen LogP contribution < -0.4 is 9.64 Å². The van der Waals surface area contributed by atoms with Crippen molar-refractivity contribution in [3.8, 4) is 11.5 Å². The molecule has 0 bridgehead atoms. The molecule has 0 spiro atoms. The standard InChI is InChI=1S/C22H19F5N2O2/c23-21(24,22(25,26)27)14-3-1-4-16(13-14)31-15-8-11-29(12-9-15)18-7-10-28-17-5-2-6-19(30)20(17)18/h1-7,10,13,15,30H,8-9,11-12H2. The summed E-state index contributed by atoms with van der Waals surface area (Å²) in [4.78, 5) is 6.33. The Kier molecular flexibility index (Phi) is 5.36. The maximum absolute atomic E-state index is 13.6. The maximum Gasteiger partial charge on any atom is 0.458 e. The zero-order chi connectivity index (χ0) is 22.2. The number of phenols is 1. The van der Waals surface area contributed by atoms with Crippen LogP contribution in [-0.2, 0) is 5.92 Å². The van der Waals surface area contributed by atoms with Crippen LogP contribution >= 0.6 is 0 Å². The average molecular weight is 438 g/mol. The summed E-state index contributed by atoms with van der Waals surface area (Å²) in [6, 6.07) is 10.9. The minimum Gasteiger partial charge on any atom is -0.507 e. The zero-order valence-electron chi connectivity index (χ0n) is 16.2. The molecule has 2 heterocycles. The van der Waals surface area contributed by atoms with E-state index in [1.165, 1.54) is 6.07 Å². The van der Waals surface area contributed by atoms with Crippen LogP contribution in [0.3, 0.4) is 0 Å². The number of nitrogens with zero attached hydrogens (tertiary/aromatic N) is 2. The van der Waals surface area contributed by atoms with Crippen molar-refractivity contribution in [2.75, 3.05) is 18.0 Å². The largest absolute Gasteiger partial charge is 0.507 e. The van der Waals surface area contributed by atoms with E-state index in [-0.39, 0.29) is 17.6 Å². The molecule has 1 aromatic heterocycles. The molecule has 9 heteroatoms. The molecule has 0 unspecified atom stereocenters. The van der Waals surface area contributed by atoms with Gasteiger partial charge < -0.3 is 14.7 Å². The Balaban J connectivity index is 1.46. The fourth-order valence-corrected chi connectivity index (χ4v) is 3.77. The smallest absolute Gasteiger partial charge is 0.458 e. The highest BCUT2D eigenvalue weighted by Gasteiger charge is 2.58. The highest BCUT2D eigenvalue weighted by atomic mass is 19.4. The number of hydrogen-bond acceptors (Lipinski definition) is 4. The van der Waals surface area contributed by atoms with Crippen LogP contribution in [0.2, 0.25) is 0 Å². The Hall–Kier alpha value is -3.10. The van der Waals surface area contributed by atoms with Gasteiger partial charge in [0.05, 0.1) is 16.6 Å². The summed E-state index contributed by atoms with van der Waals surface area (Å²) in [6.07, 6.45) is -3.26. The van der Waals surface area contributed by atoms with Gasteiger partial charge in [-0.15, -0.1) is 0 Å². The van der Waals surface area contributed by atoms with Crippen molar-refractivity contribution in [1.82, 2.24) is 4.98 Å². The first kappa shape index (κ1) is 21.1. The zero-order valence-corrected chi connectivity index (χ0v) is 16.2. The Morgan fingerprint density at radius 3 is 2.39 bits per heavy atom. The molecule has 0 amide bonds. The lowest BCUT2D eigenvalue weighted by molar-refractivity contribution is -0.289. The lowest BCUT2D eigenvalue weighted by atomic mass is 10.0. The van der Waals surface area contributed by atoms with Crippen LogP contribution in [0.15, 0.2) is 54.7 Å². The molecular formula is C22H19F5N2O2. The van der Waals surface area contributed by atoms with Crippen LogP contribution in [0.4, 0.5) is 27.6 Å². The number of pyridine rings is 1. The van der Waals surface area contributed by atoms with E-state index in [9.17, 15) is 27.1 Å². The van der Waals surface area contributed by atoms with E-state index in [1.807, 2.05) is 6.07 Å². The lowest BCUT2D eigenvalue weighted by Crippen LogP contribution is -2.38. The molecule has 1 fully saturated rings. The number of ether oxygens (including phenoxy) is 1. The van der Waals surface area contributed by atoms with E-state index in [0.29, 0.717) is 36.8 Å². The Morgan fingerprint density at radius 2 is 1.68 bits per heavy atom. The number of aromatic hydroxyl groups is 1. The maximum atomic E-state index is 13.6. The first-order chi connectivity index (χ1) is 14.7. The third kappa shape index (κ3) is 4.08. The summed E-state index contributed by atoms with van der Waals surface area (Å²) in [6.45, 7) is 1.13. The van der Waals surface area contributed by atoms with Crippen LogP contribution in [0.5, 0.6) is 11.5 Å². The van der Waals surface area contributed by atoms with Gasteiger partial charge in [0, 0.05) is 37.7 Å². The summed E-state index contributed by atoms with van der Waals surface area (Å²) >= 11 is 0. The van der Waals surface area contributed by atoms with Crippen molar-refractivity contribution in [3.05, 3.63) is 60.3 Å². The van der Waals surface area contributed by atoms with E-state index in [2.05, 4.69) is 9.88 Å². The van der Waals surface area contributed by atoms with Crippen LogP contribution in [0.1, 0.15) is 18.4 Å². The quantitative estimate of drug-likeness (QED) is 0.536. The number of piperidine rings is 1. The van der Waals surface area contributed by atoms with E-state index in [1.54, 1.807) is 24.4 Å². The third-order valence-electron chi connectivity index (χ3n) is 5.36. The van der Waals surface area contributed by atoms with Crippen LogP contribution in [-0.4, -0.2) is 35.5 Å². The van der Waals surface area contributed by atoms with Gasteiger partial charge in [0.25, 0.3) is 0 Å². The number of hydrogen-bond donors (Lipinski definition) is 1. The number of phenolic OH excluding ortho intramolecular Hbond substituents is 1. The molecule has 1 saturated heterocycles. The second-order valence-electron chi connectivity index (χ2n) is 7.41. The van der Waals surface area contributed by atoms with E-state index in [4.69, 9.17) is 4.74 Å². The minimum atomic E-state index is -5.67. The lowest BCUT2D eigenvalue weighted by Gasteiger charge is -2.34. The van der Waals surface area contributed by atoms with Gasteiger partial charge in [0.15, 0.2) is 0 Å². The van der Waals surface area contributed by atoms with Gasteiger partial charge in [-0.1, -0.05) is 18.2 Å². The molecule has 3 aromatic rings. The van der Waals surface area contributed by atoms with Gasteiger partial charge in [0.1, 0.15) is 17.6 Å². The Morgan fingerprint density at radius 1 is 0.968 bits per heavy atom. The predicted octanol–water partition coefficient (Wildman–Crippen LogP) is 5.64. The van der Waals surface area contributed by atoms with Crippen molar-refractivity contribution in [1.29, 1.82) is 0 Å². The summed E-state index contributed by atoms with van der Waals surface area (Å²) in [5.41, 5.74) is 0.348.